The molecular formula is C14H24O5. The summed E-state index contributed by atoms with van der Waals surface area (Å²) in [6.07, 6.45) is 1.10. The summed E-state index contributed by atoms with van der Waals surface area (Å²) in [5, 5.41) is 0. The van der Waals surface area contributed by atoms with Crippen LogP contribution < -0.4 is 0 Å². The van der Waals surface area contributed by atoms with Crippen molar-refractivity contribution < 1.29 is 23.8 Å². The molecule has 1 saturated carbocycles. The molecule has 3 atom stereocenters. The molecule has 1 aliphatic rings. The molecule has 0 N–H and O–H groups in total. The molecule has 5 nitrogen and oxygen atoms in total. The number of carbonyl (C=O) groups excluding carboxylic acids is 2. The Labute approximate surface area is 114 Å². The minimum absolute atomic E-state index is 0.0646. The van der Waals surface area contributed by atoms with Gasteiger partial charge in [-0.1, -0.05) is 13.8 Å². The lowest BCUT2D eigenvalue weighted by molar-refractivity contribution is -0.162. The zero-order chi connectivity index (χ0) is 14.6. The normalized spacial score (nSPS) is 25.9. The molecule has 3 unspecified atom stereocenters. The molecule has 0 aromatic rings. The molecule has 0 amide bonds. The van der Waals surface area contributed by atoms with Crippen LogP contribution in [0.5, 0.6) is 0 Å². The third kappa shape index (κ3) is 3.85. The largest absolute Gasteiger partial charge is 0.507 e. The van der Waals surface area contributed by atoms with E-state index in [1.54, 1.807) is 0 Å². The van der Waals surface area contributed by atoms with Gasteiger partial charge >= 0.3 is 12.1 Å². The molecule has 0 bridgehead atoms. The van der Waals surface area contributed by atoms with Crippen LogP contribution in [0.15, 0.2) is 0 Å². The number of ether oxygens (including phenoxy) is 3. The lowest BCUT2D eigenvalue weighted by Gasteiger charge is -2.54. The second kappa shape index (κ2) is 6.26. The average Bonchev–Trinajstić information content (AvgIpc) is 2.31. The minimum Gasteiger partial charge on any atom is -0.463 e. The van der Waals surface area contributed by atoms with Crippen molar-refractivity contribution in [2.24, 2.45) is 17.3 Å². The standard InChI is InChI=1S/C14H24O5/c1-9(19-10(2)15)12-8-11(14(12,3)4)6-7-18-13(16)17-5/h9,11-12H,6-8H2,1-5H3. The molecule has 110 valence electrons. The average molecular weight is 272 g/mol. The van der Waals surface area contributed by atoms with Crippen LogP contribution in [0.25, 0.3) is 0 Å². The maximum absolute atomic E-state index is 11.0. The van der Waals surface area contributed by atoms with Gasteiger partial charge in [-0.15, -0.1) is 0 Å². The highest BCUT2D eigenvalue weighted by Gasteiger charge is 2.50. The Morgan fingerprint density at radius 3 is 2.47 bits per heavy atom. The summed E-state index contributed by atoms with van der Waals surface area (Å²) in [6.45, 7) is 8.09. The van der Waals surface area contributed by atoms with Gasteiger partial charge in [-0.25, -0.2) is 4.79 Å². The van der Waals surface area contributed by atoms with E-state index in [0.29, 0.717) is 18.4 Å². The summed E-state index contributed by atoms with van der Waals surface area (Å²) < 4.78 is 14.6. The van der Waals surface area contributed by atoms with Crippen molar-refractivity contribution in [3.8, 4) is 0 Å². The third-order valence-electron chi connectivity index (χ3n) is 4.32. The quantitative estimate of drug-likeness (QED) is 0.720. The molecule has 0 heterocycles. The van der Waals surface area contributed by atoms with Crippen molar-refractivity contribution in [2.45, 2.75) is 46.6 Å². The molecule has 1 rings (SSSR count). The van der Waals surface area contributed by atoms with Crippen molar-refractivity contribution in [3.63, 3.8) is 0 Å². The number of carbonyl (C=O) groups is 2. The van der Waals surface area contributed by atoms with E-state index >= 15 is 0 Å². The predicted octanol–water partition coefficient (Wildman–Crippen LogP) is 2.77. The van der Waals surface area contributed by atoms with Crippen LogP contribution in [0.1, 0.15) is 40.5 Å². The van der Waals surface area contributed by atoms with Gasteiger partial charge in [0.2, 0.25) is 0 Å². The smallest absolute Gasteiger partial charge is 0.463 e. The highest BCUT2D eigenvalue weighted by Crippen LogP contribution is 2.54. The van der Waals surface area contributed by atoms with Crippen molar-refractivity contribution in [3.05, 3.63) is 0 Å². The van der Waals surface area contributed by atoms with Gasteiger partial charge in [-0.05, 0) is 31.1 Å². The molecule has 5 heteroatoms. The van der Waals surface area contributed by atoms with Gasteiger partial charge in [-0.2, -0.15) is 0 Å². The van der Waals surface area contributed by atoms with Crippen LogP contribution >= 0.6 is 0 Å². The van der Waals surface area contributed by atoms with E-state index < -0.39 is 6.16 Å². The number of methoxy groups -OCH3 is 1. The van der Waals surface area contributed by atoms with Crippen LogP contribution in [0, 0.1) is 17.3 Å². The molecule has 0 radical (unpaired) electrons. The maximum atomic E-state index is 11.0. The summed E-state index contributed by atoms with van der Waals surface area (Å²) in [7, 11) is 1.30. The van der Waals surface area contributed by atoms with Crippen LogP contribution in [-0.4, -0.2) is 31.9 Å². The molecule has 1 fully saturated rings. The summed E-state index contributed by atoms with van der Waals surface area (Å²) in [6, 6.07) is 0. The Bertz CT molecular complexity index is 337. The SMILES string of the molecule is COC(=O)OCCC1CC(C(C)OC(C)=O)C1(C)C. The fourth-order valence-electron chi connectivity index (χ4n) is 3.03. The van der Waals surface area contributed by atoms with E-state index in [1.165, 1.54) is 14.0 Å². The molecule has 0 aromatic heterocycles. The Hall–Kier alpha value is -1.26. The summed E-state index contributed by atoms with van der Waals surface area (Å²) in [5.41, 5.74) is 0.0916. The first-order valence-corrected chi connectivity index (χ1v) is 6.67. The molecule has 0 saturated heterocycles. The summed E-state index contributed by atoms with van der Waals surface area (Å²) >= 11 is 0. The van der Waals surface area contributed by atoms with E-state index in [2.05, 4.69) is 18.6 Å². The van der Waals surface area contributed by atoms with E-state index in [0.717, 1.165) is 12.8 Å². The van der Waals surface area contributed by atoms with Crippen molar-refractivity contribution >= 4 is 12.1 Å². The lowest BCUT2D eigenvalue weighted by Crippen LogP contribution is -2.51. The van der Waals surface area contributed by atoms with Gasteiger partial charge in [0.25, 0.3) is 0 Å². The fraction of sp³-hybridized carbons (Fsp3) is 0.857. The second-order valence-electron chi connectivity index (χ2n) is 5.77. The monoisotopic (exact) mass is 272 g/mol. The van der Waals surface area contributed by atoms with Gasteiger partial charge in [-0.3, -0.25) is 4.79 Å². The Balaban J connectivity index is 2.37. The first-order chi connectivity index (χ1) is 8.78. The number of rotatable bonds is 5. The van der Waals surface area contributed by atoms with Gasteiger partial charge in [0.1, 0.15) is 6.10 Å². The van der Waals surface area contributed by atoms with Crippen LogP contribution in [0.2, 0.25) is 0 Å². The zero-order valence-electron chi connectivity index (χ0n) is 12.4. The Morgan fingerprint density at radius 1 is 1.37 bits per heavy atom. The van der Waals surface area contributed by atoms with E-state index in [9.17, 15) is 9.59 Å². The third-order valence-corrected chi connectivity index (χ3v) is 4.32. The van der Waals surface area contributed by atoms with Crippen LogP contribution in [0.4, 0.5) is 4.79 Å². The lowest BCUT2D eigenvalue weighted by atomic mass is 9.52. The van der Waals surface area contributed by atoms with Gasteiger partial charge in [0.15, 0.2) is 0 Å². The van der Waals surface area contributed by atoms with Gasteiger partial charge in [0, 0.05) is 12.8 Å². The zero-order valence-corrected chi connectivity index (χ0v) is 12.4. The molecule has 0 aliphatic heterocycles. The van der Waals surface area contributed by atoms with Crippen molar-refractivity contribution in [2.75, 3.05) is 13.7 Å². The van der Waals surface area contributed by atoms with E-state index in [-0.39, 0.29) is 17.5 Å². The second-order valence-corrected chi connectivity index (χ2v) is 5.77. The Morgan fingerprint density at radius 2 is 2.00 bits per heavy atom. The van der Waals surface area contributed by atoms with Crippen LogP contribution in [-0.2, 0) is 19.0 Å². The minimum atomic E-state index is -0.637. The van der Waals surface area contributed by atoms with Crippen LogP contribution in [0.3, 0.4) is 0 Å². The van der Waals surface area contributed by atoms with Gasteiger partial charge in [0.05, 0.1) is 13.7 Å². The molecule has 0 spiro atoms. The summed E-state index contributed by atoms with van der Waals surface area (Å²) in [5.74, 6) is 0.598. The Kier molecular flexibility index (Phi) is 5.20. The van der Waals surface area contributed by atoms with Crippen molar-refractivity contribution in [1.29, 1.82) is 0 Å². The van der Waals surface area contributed by atoms with Gasteiger partial charge < -0.3 is 14.2 Å². The number of esters is 1. The molecular weight excluding hydrogens is 248 g/mol. The van der Waals surface area contributed by atoms with Crippen molar-refractivity contribution in [1.82, 2.24) is 0 Å². The fourth-order valence-corrected chi connectivity index (χ4v) is 3.03. The predicted molar refractivity (Wildman–Crippen MR) is 69.6 cm³/mol. The highest BCUT2D eigenvalue weighted by molar-refractivity contribution is 5.66. The van der Waals surface area contributed by atoms with E-state index in [1.807, 2.05) is 6.92 Å². The van der Waals surface area contributed by atoms with E-state index in [4.69, 9.17) is 9.47 Å². The number of hydrogen-bond donors (Lipinski definition) is 0. The molecule has 1 aliphatic carbocycles. The number of hydrogen-bond acceptors (Lipinski definition) is 5. The molecule has 0 aromatic carbocycles. The topological polar surface area (TPSA) is 61.8 Å². The first kappa shape index (κ1) is 15.8. The highest BCUT2D eigenvalue weighted by atomic mass is 16.7. The molecule has 19 heavy (non-hydrogen) atoms. The summed E-state index contributed by atoms with van der Waals surface area (Å²) in [4.78, 5) is 21.8. The first-order valence-electron chi connectivity index (χ1n) is 6.67. The maximum Gasteiger partial charge on any atom is 0.507 e.